The van der Waals surface area contributed by atoms with Gasteiger partial charge in [0.15, 0.2) is 11.6 Å². The summed E-state index contributed by atoms with van der Waals surface area (Å²) >= 11 is 0. The predicted octanol–water partition coefficient (Wildman–Crippen LogP) is 3.84. The standard InChI is InChI=1S/C14H21FO2/c1-3-4-5-6-9-17-14-8-7-12(11(2)16)10-13(14)15/h7-8,10-11,16H,3-6,9H2,1-2H3/t11-/m0/s1. The molecule has 0 aliphatic heterocycles. The van der Waals surface area contributed by atoms with Gasteiger partial charge in [-0.25, -0.2) is 4.39 Å². The molecule has 1 N–H and O–H groups in total. The van der Waals surface area contributed by atoms with E-state index in [9.17, 15) is 9.50 Å². The lowest BCUT2D eigenvalue weighted by Gasteiger charge is -2.09. The minimum atomic E-state index is -0.650. The van der Waals surface area contributed by atoms with Gasteiger partial charge in [-0.3, -0.25) is 0 Å². The highest BCUT2D eigenvalue weighted by Crippen LogP contribution is 2.22. The molecule has 96 valence electrons. The number of unbranched alkanes of at least 4 members (excludes halogenated alkanes) is 3. The molecule has 0 aliphatic rings. The second kappa shape index (κ2) is 7.28. The Kier molecular flexibility index (Phi) is 5.98. The predicted molar refractivity (Wildman–Crippen MR) is 66.7 cm³/mol. The molecule has 0 spiro atoms. The van der Waals surface area contributed by atoms with E-state index in [1.165, 1.54) is 18.9 Å². The molecule has 0 bridgehead atoms. The number of hydrogen-bond donors (Lipinski definition) is 1. The summed E-state index contributed by atoms with van der Waals surface area (Å²) in [5.41, 5.74) is 0.570. The number of aliphatic hydroxyl groups excluding tert-OH is 1. The Bertz CT molecular complexity index is 337. The van der Waals surface area contributed by atoms with E-state index in [0.717, 1.165) is 12.8 Å². The molecule has 0 saturated heterocycles. The first-order valence-electron chi connectivity index (χ1n) is 6.25. The minimum Gasteiger partial charge on any atom is -0.491 e. The van der Waals surface area contributed by atoms with Crippen LogP contribution in [0.1, 0.15) is 51.2 Å². The minimum absolute atomic E-state index is 0.269. The molecular formula is C14H21FO2. The first-order valence-corrected chi connectivity index (χ1v) is 6.25. The third-order valence-corrected chi connectivity index (χ3v) is 2.69. The summed E-state index contributed by atoms with van der Waals surface area (Å²) in [7, 11) is 0. The highest BCUT2D eigenvalue weighted by molar-refractivity contribution is 5.30. The molecule has 0 amide bonds. The lowest BCUT2D eigenvalue weighted by Crippen LogP contribution is -2.00. The van der Waals surface area contributed by atoms with Gasteiger partial charge < -0.3 is 9.84 Å². The summed E-state index contributed by atoms with van der Waals surface area (Å²) < 4.78 is 18.9. The van der Waals surface area contributed by atoms with Crippen LogP contribution in [0.2, 0.25) is 0 Å². The number of aliphatic hydroxyl groups is 1. The first-order chi connectivity index (χ1) is 8.15. The van der Waals surface area contributed by atoms with Crippen molar-refractivity contribution in [3.63, 3.8) is 0 Å². The van der Waals surface area contributed by atoms with Crippen LogP contribution in [-0.4, -0.2) is 11.7 Å². The zero-order chi connectivity index (χ0) is 12.7. The Hall–Kier alpha value is -1.09. The fourth-order valence-electron chi connectivity index (χ4n) is 1.60. The van der Waals surface area contributed by atoms with Gasteiger partial charge in [-0.05, 0) is 31.0 Å². The van der Waals surface area contributed by atoms with Gasteiger partial charge in [0, 0.05) is 0 Å². The van der Waals surface area contributed by atoms with Crippen LogP contribution < -0.4 is 4.74 Å². The fraction of sp³-hybridized carbons (Fsp3) is 0.571. The number of benzene rings is 1. The topological polar surface area (TPSA) is 29.5 Å². The number of hydrogen-bond acceptors (Lipinski definition) is 2. The molecule has 0 fully saturated rings. The quantitative estimate of drug-likeness (QED) is 0.734. The molecule has 17 heavy (non-hydrogen) atoms. The number of halogens is 1. The Balaban J connectivity index is 2.43. The normalized spacial score (nSPS) is 12.5. The smallest absolute Gasteiger partial charge is 0.165 e. The molecule has 1 rings (SSSR count). The first kappa shape index (κ1) is 14.0. The molecule has 3 heteroatoms. The van der Waals surface area contributed by atoms with Crippen LogP contribution in [0, 0.1) is 5.82 Å². The average Bonchev–Trinajstić information content (AvgIpc) is 2.30. The van der Waals surface area contributed by atoms with Gasteiger partial charge in [0.1, 0.15) is 0 Å². The van der Waals surface area contributed by atoms with Crippen LogP contribution in [0.25, 0.3) is 0 Å². The Morgan fingerprint density at radius 1 is 1.29 bits per heavy atom. The highest BCUT2D eigenvalue weighted by Gasteiger charge is 2.07. The molecule has 0 aromatic heterocycles. The van der Waals surface area contributed by atoms with Gasteiger partial charge in [0.05, 0.1) is 12.7 Å². The molecule has 0 heterocycles. The zero-order valence-corrected chi connectivity index (χ0v) is 10.6. The van der Waals surface area contributed by atoms with E-state index in [4.69, 9.17) is 4.74 Å². The maximum atomic E-state index is 13.5. The van der Waals surface area contributed by atoms with E-state index in [1.54, 1.807) is 19.1 Å². The van der Waals surface area contributed by atoms with Crippen molar-refractivity contribution in [1.29, 1.82) is 0 Å². The van der Waals surface area contributed by atoms with Crippen molar-refractivity contribution < 1.29 is 14.2 Å². The van der Waals surface area contributed by atoms with E-state index in [1.807, 2.05) is 0 Å². The largest absolute Gasteiger partial charge is 0.491 e. The maximum absolute atomic E-state index is 13.5. The van der Waals surface area contributed by atoms with Crippen LogP contribution in [0.3, 0.4) is 0 Å². The molecule has 1 atom stereocenters. The van der Waals surface area contributed by atoms with Crippen LogP contribution in [-0.2, 0) is 0 Å². The Labute approximate surface area is 102 Å². The molecular weight excluding hydrogens is 219 g/mol. The molecule has 0 unspecified atom stereocenters. The van der Waals surface area contributed by atoms with E-state index >= 15 is 0 Å². The molecule has 1 aromatic rings. The third-order valence-electron chi connectivity index (χ3n) is 2.69. The second-order valence-corrected chi connectivity index (χ2v) is 4.27. The van der Waals surface area contributed by atoms with Gasteiger partial charge in [-0.15, -0.1) is 0 Å². The number of rotatable bonds is 7. The average molecular weight is 240 g/mol. The van der Waals surface area contributed by atoms with Gasteiger partial charge in [0.2, 0.25) is 0 Å². The molecule has 1 aromatic carbocycles. The van der Waals surface area contributed by atoms with Gasteiger partial charge >= 0.3 is 0 Å². The zero-order valence-electron chi connectivity index (χ0n) is 10.6. The Morgan fingerprint density at radius 3 is 2.65 bits per heavy atom. The summed E-state index contributed by atoms with van der Waals surface area (Å²) in [4.78, 5) is 0. The van der Waals surface area contributed by atoms with Crippen LogP contribution >= 0.6 is 0 Å². The fourth-order valence-corrected chi connectivity index (χ4v) is 1.60. The highest BCUT2D eigenvalue weighted by atomic mass is 19.1. The lowest BCUT2D eigenvalue weighted by atomic mass is 10.1. The second-order valence-electron chi connectivity index (χ2n) is 4.27. The van der Waals surface area contributed by atoms with E-state index in [-0.39, 0.29) is 5.75 Å². The summed E-state index contributed by atoms with van der Waals surface area (Å²) in [5, 5.41) is 9.30. The third kappa shape index (κ3) is 4.73. The van der Waals surface area contributed by atoms with Gasteiger partial charge in [-0.1, -0.05) is 32.3 Å². The number of ether oxygens (including phenoxy) is 1. The summed E-state index contributed by atoms with van der Waals surface area (Å²) in [6, 6.07) is 4.60. The lowest BCUT2D eigenvalue weighted by molar-refractivity contribution is 0.198. The van der Waals surface area contributed by atoms with E-state index in [0.29, 0.717) is 12.2 Å². The van der Waals surface area contributed by atoms with Crippen molar-refractivity contribution in [2.75, 3.05) is 6.61 Å². The van der Waals surface area contributed by atoms with Crippen LogP contribution in [0.5, 0.6) is 5.75 Å². The van der Waals surface area contributed by atoms with Crippen LogP contribution in [0.15, 0.2) is 18.2 Å². The Morgan fingerprint density at radius 2 is 2.06 bits per heavy atom. The molecule has 0 radical (unpaired) electrons. The molecule has 2 nitrogen and oxygen atoms in total. The molecule has 0 saturated carbocycles. The van der Waals surface area contributed by atoms with Crippen molar-refractivity contribution in [2.24, 2.45) is 0 Å². The maximum Gasteiger partial charge on any atom is 0.165 e. The van der Waals surface area contributed by atoms with E-state index < -0.39 is 11.9 Å². The van der Waals surface area contributed by atoms with Crippen molar-refractivity contribution >= 4 is 0 Å². The summed E-state index contributed by atoms with van der Waals surface area (Å²) in [5.74, 6) is -0.134. The van der Waals surface area contributed by atoms with Crippen molar-refractivity contribution in [1.82, 2.24) is 0 Å². The molecule has 0 aliphatic carbocycles. The summed E-state index contributed by atoms with van der Waals surface area (Å²) in [6.45, 7) is 4.31. The van der Waals surface area contributed by atoms with Gasteiger partial charge in [-0.2, -0.15) is 0 Å². The monoisotopic (exact) mass is 240 g/mol. The SMILES string of the molecule is CCCCCCOc1ccc([C@H](C)O)cc1F. The summed E-state index contributed by atoms with van der Waals surface area (Å²) in [6.07, 6.45) is 3.78. The van der Waals surface area contributed by atoms with E-state index in [2.05, 4.69) is 6.92 Å². The van der Waals surface area contributed by atoms with Crippen molar-refractivity contribution in [3.05, 3.63) is 29.6 Å². The van der Waals surface area contributed by atoms with Crippen LogP contribution in [0.4, 0.5) is 4.39 Å². The van der Waals surface area contributed by atoms with Crippen molar-refractivity contribution in [3.8, 4) is 5.75 Å². The van der Waals surface area contributed by atoms with Gasteiger partial charge in [0.25, 0.3) is 0 Å². The van der Waals surface area contributed by atoms with Crippen molar-refractivity contribution in [2.45, 2.75) is 45.6 Å².